The fourth-order valence-corrected chi connectivity index (χ4v) is 2.79. The van der Waals surface area contributed by atoms with Crippen LogP contribution in [0.2, 0.25) is 0 Å². The van der Waals surface area contributed by atoms with Crippen LogP contribution in [0.4, 0.5) is 4.79 Å². The number of aliphatic hydroxyl groups is 1. The second kappa shape index (κ2) is 4.46. The third-order valence-corrected chi connectivity index (χ3v) is 3.53. The third-order valence-electron chi connectivity index (χ3n) is 3.53. The van der Waals surface area contributed by atoms with Gasteiger partial charge < -0.3 is 20.1 Å². The van der Waals surface area contributed by atoms with Crippen molar-refractivity contribution >= 4 is 6.09 Å². The predicted octanol–water partition coefficient (Wildman–Crippen LogP) is 0.434. The third kappa shape index (κ3) is 2.55. The van der Waals surface area contributed by atoms with Gasteiger partial charge in [-0.3, -0.25) is 0 Å². The van der Waals surface area contributed by atoms with Crippen LogP contribution in [0.5, 0.6) is 0 Å². The van der Waals surface area contributed by atoms with Gasteiger partial charge in [-0.15, -0.1) is 0 Å². The maximum Gasteiger partial charge on any atom is 0.410 e. The summed E-state index contributed by atoms with van der Waals surface area (Å²) < 4.78 is 5.37. The Labute approximate surface area is 102 Å². The molecule has 17 heavy (non-hydrogen) atoms. The minimum absolute atomic E-state index is 0.0160. The van der Waals surface area contributed by atoms with Crippen LogP contribution in [0.1, 0.15) is 20.8 Å². The first-order valence-corrected chi connectivity index (χ1v) is 6.23. The van der Waals surface area contributed by atoms with E-state index < -0.39 is 5.60 Å². The number of carbonyl (C=O) groups excluding carboxylic acids is 1. The average Bonchev–Trinajstić information content (AvgIpc) is 2.72. The summed E-state index contributed by atoms with van der Waals surface area (Å²) in [5.41, 5.74) is -0.479. The van der Waals surface area contributed by atoms with Crippen LogP contribution in [0.3, 0.4) is 0 Å². The second-order valence-corrected chi connectivity index (χ2v) is 5.96. The molecule has 0 aromatic heterocycles. The highest BCUT2D eigenvalue weighted by molar-refractivity contribution is 5.69. The molecule has 0 spiro atoms. The van der Waals surface area contributed by atoms with Crippen LogP contribution in [0, 0.1) is 11.8 Å². The van der Waals surface area contributed by atoms with Crippen molar-refractivity contribution in [2.24, 2.45) is 11.8 Å². The van der Waals surface area contributed by atoms with Gasteiger partial charge in [-0.05, 0) is 32.6 Å². The Hall–Kier alpha value is -0.810. The van der Waals surface area contributed by atoms with Crippen LogP contribution in [-0.2, 0) is 4.74 Å². The zero-order valence-corrected chi connectivity index (χ0v) is 10.8. The van der Waals surface area contributed by atoms with Crippen molar-refractivity contribution in [3.63, 3.8) is 0 Å². The van der Waals surface area contributed by atoms with E-state index in [1.165, 1.54) is 0 Å². The Morgan fingerprint density at radius 2 is 2.18 bits per heavy atom. The van der Waals surface area contributed by atoms with E-state index in [4.69, 9.17) is 4.74 Å². The summed E-state index contributed by atoms with van der Waals surface area (Å²) in [5.74, 6) is 0.826. The highest BCUT2D eigenvalue weighted by Crippen LogP contribution is 2.33. The summed E-state index contributed by atoms with van der Waals surface area (Å²) in [4.78, 5) is 13.7. The fraction of sp³-hybridized carbons (Fsp3) is 0.917. The Morgan fingerprint density at radius 3 is 2.76 bits per heavy atom. The van der Waals surface area contributed by atoms with Crippen molar-refractivity contribution in [1.29, 1.82) is 0 Å². The first-order chi connectivity index (χ1) is 7.92. The van der Waals surface area contributed by atoms with Crippen molar-refractivity contribution < 1.29 is 14.6 Å². The molecule has 2 N–H and O–H groups in total. The molecule has 2 aliphatic heterocycles. The van der Waals surface area contributed by atoms with Gasteiger partial charge in [-0.25, -0.2) is 4.79 Å². The van der Waals surface area contributed by atoms with E-state index in [1.54, 1.807) is 4.90 Å². The van der Waals surface area contributed by atoms with E-state index in [0.717, 1.165) is 13.1 Å². The summed E-state index contributed by atoms with van der Waals surface area (Å²) in [5, 5.41) is 12.8. The first kappa shape index (κ1) is 12.6. The molecule has 2 heterocycles. The Kier molecular flexibility index (Phi) is 3.32. The number of hydrogen-bond acceptors (Lipinski definition) is 4. The smallest absolute Gasteiger partial charge is 0.410 e. The van der Waals surface area contributed by atoms with E-state index in [0.29, 0.717) is 18.4 Å². The maximum atomic E-state index is 12.0. The quantitative estimate of drug-likeness (QED) is 0.700. The minimum Gasteiger partial charge on any atom is -0.444 e. The van der Waals surface area contributed by atoms with Crippen LogP contribution < -0.4 is 5.32 Å². The Balaban J connectivity index is 2.03. The number of fused-ring (bicyclic) bond motifs is 1. The van der Waals surface area contributed by atoms with Crippen molar-refractivity contribution in [2.75, 3.05) is 26.2 Å². The molecular formula is C12H22N2O3. The summed E-state index contributed by atoms with van der Waals surface area (Å²) >= 11 is 0. The van der Waals surface area contributed by atoms with Crippen molar-refractivity contribution in [2.45, 2.75) is 32.4 Å². The number of likely N-dealkylation sites (tertiary alicyclic amines) is 1. The monoisotopic (exact) mass is 242 g/mol. The second-order valence-electron chi connectivity index (χ2n) is 5.96. The van der Waals surface area contributed by atoms with Gasteiger partial charge >= 0.3 is 6.09 Å². The van der Waals surface area contributed by atoms with E-state index in [2.05, 4.69) is 5.32 Å². The molecule has 98 valence electrons. The number of hydrogen-bond donors (Lipinski definition) is 2. The predicted molar refractivity (Wildman–Crippen MR) is 63.7 cm³/mol. The average molecular weight is 242 g/mol. The highest BCUT2D eigenvalue weighted by Gasteiger charge is 2.46. The van der Waals surface area contributed by atoms with E-state index in [-0.39, 0.29) is 18.7 Å². The number of ether oxygens (including phenoxy) is 1. The van der Waals surface area contributed by atoms with Crippen LogP contribution in [-0.4, -0.2) is 54.0 Å². The van der Waals surface area contributed by atoms with E-state index >= 15 is 0 Å². The minimum atomic E-state index is -0.479. The molecule has 0 aromatic carbocycles. The largest absolute Gasteiger partial charge is 0.444 e. The fourth-order valence-electron chi connectivity index (χ4n) is 2.79. The molecule has 2 saturated heterocycles. The maximum absolute atomic E-state index is 12.0. The van der Waals surface area contributed by atoms with Crippen LogP contribution in [0.25, 0.3) is 0 Å². The van der Waals surface area contributed by atoms with Gasteiger partial charge in [0.15, 0.2) is 0 Å². The topological polar surface area (TPSA) is 61.8 Å². The summed E-state index contributed by atoms with van der Waals surface area (Å²) in [6.45, 7) is 8.10. The zero-order chi connectivity index (χ0) is 12.6. The highest BCUT2D eigenvalue weighted by atomic mass is 16.6. The lowest BCUT2D eigenvalue weighted by molar-refractivity contribution is 0.0144. The summed E-state index contributed by atoms with van der Waals surface area (Å²) in [6.07, 6.45) is -0.300. The molecule has 0 saturated carbocycles. The molecule has 5 heteroatoms. The summed E-state index contributed by atoms with van der Waals surface area (Å²) in [6, 6.07) is -0.0927. The SMILES string of the molecule is CC(C)(C)OC(=O)N1C[C@@H]2CNC[C@@H]2[C@H]1CO. The number of aliphatic hydroxyl groups excluding tert-OH is 1. The molecule has 0 bridgehead atoms. The van der Waals surface area contributed by atoms with Gasteiger partial charge in [0.05, 0.1) is 12.6 Å². The molecule has 0 radical (unpaired) electrons. The first-order valence-electron chi connectivity index (χ1n) is 6.23. The lowest BCUT2D eigenvalue weighted by Gasteiger charge is -2.29. The molecule has 1 amide bonds. The van der Waals surface area contributed by atoms with E-state index in [9.17, 15) is 9.90 Å². The molecule has 2 aliphatic rings. The van der Waals surface area contributed by atoms with Gasteiger partial charge in [-0.1, -0.05) is 0 Å². The van der Waals surface area contributed by atoms with Gasteiger partial charge in [0, 0.05) is 19.6 Å². The lowest BCUT2D eigenvalue weighted by atomic mass is 9.95. The van der Waals surface area contributed by atoms with Gasteiger partial charge in [0.2, 0.25) is 0 Å². The van der Waals surface area contributed by atoms with Gasteiger partial charge in [-0.2, -0.15) is 0 Å². The molecule has 5 nitrogen and oxygen atoms in total. The van der Waals surface area contributed by atoms with Gasteiger partial charge in [0.1, 0.15) is 5.60 Å². The normalized spacial score (nSPS) is 32.7. The molecule has 0 unspecified atom stereocenters. The van der Waals surface area contributed by atoms with Crippen molar-refractivity contribution in [1.82, 2.24) is 10.2 Å². The molecular weight excluding hydrogens is 220 g/mol. The molecule has 3 atom stereocenters. The molecule has 2 rings (SSSR count). The van der Waals surface area contributed by atoms with Crippen molar-refractivity contribution in [3.05, 3.63) is 0 Å². The van der Waals surface area contributed by atoms with E-state index in [1.807, 2.05) is 20.8 Å². The molecule has 0 aliphatic carbocycles. The zero-order valence-electron chi connectivity index (χ0n) is 10.8. The molecule has 0 aromatic rings. The number of nitrogens with one attached hydrogen (secondary N) is 1. The number of amides is 1. The molecule has 2 fully saturated rings. The standard InChI is InChI=1S/C12H22N2O3/c1-12(2,3)17-11(16)14-6-8-4-13-5-9(8)10(14)7-15/h8-10,13,15H,4-7H2,1-3H3/t8-,9-,10+/m0/s1. The van der Waals surface area contributed by atoms with Gasteiger partial charge in [0.25, 0.3) is 0 Å². The van der Waals surface area contributed by atoms with Crippen molar-refractivity contribution in [3.8, 4) is 0 Å². The van der Waals surface area contributed by atoms with Crippen LogP contribution >= 0.6 is 0 Å². The summed E-state index contributed by atoms with van der Waals surface area (Å²) in [7, 11) is 0. The number of nitrogens with zero attached hydrogens (tertiary/aromatic N) is 1. The number of carbonyl (C=O) groups is 1. The Bertz CT molecular complexity index is 301. The van der Waals surface area contributed by atoms with Crippen LogP contribution in [0.15, 0.2) is 0 Å². The lowest BCUT2D eigenvalue weighted by Crippen LogP contribution is -2.44. The number of rotatable bonds is 1. The Morgan fingerprint density at radius 1 is 1.47 bits per heavy atom.